The van der Waals surface area contributed by atoms with E-state index in [-0.39, 0.29) is 30.7 Å². The largest absolute Gasteiger partial charge is 0.340 e. The number of nitrogens with zero attached hydrogens (tertiary/aromatic N) is 2. The molecule has 1 amide bonds. The molecule has 0 radical (unpaired) electrons. The molecule has 0 spiro atoms. The highest BCUT2D eigenvalue weighted by Gasteiger charge is 2.15. The highest BCUT2D eigenvalue weighted by molar-refractivity contribution is 5.85. The fourth-order valence-corrected chi connectivity index (χ4v) is 1.04. The van der Waals surface area contributed by atoms with Crippen LogP contribution in [0.4, 0.5) is 0 Å². The van der Waals surface area contributed by atoms with Gasteiger partial charge < -0.3 is 4.90 Å². The number of halogens is 2. The first-order valence-corrected chi connectivity index (χ1v) is 3.45. The minimum absolute atomic E-state index is 0. The topological polar surface area (TPSA) is 49.6 Å². The van der Waals surface area contributed by atoms with Gasteiger partial charge in [0.2, 0.25) is 5.91 Å². The molecule has 6 heteroatoms. The summed E-state index contributed by atoms with van der Waals surface area (Å²) in [6.45, 7) is 4.71. The first kappa shape index (κ1) is 14.5. The molecule has 0 aromatic carbocycles. The number of carbonyl (C=O) groups excluding carboxylic acids is 1. The lowest BCUT2D eigenvalue weighted by Crippen LogP contribution is -2.50. The van der Waals surface area contributed by atoms with Crippen LogP contribution in [0.25, 0.3) is 0 Å². The molecule has 0 unspecified atom stereocenters. The second-order valence-electron chi connectivity index (χ2n) is 2.54. The Morgan fingerprint density at radius 1 is 1.17 bits per heavy atom. The monoisotopic (exact) mass is 215 g/mol. The van der Waals surface area contributed by atoms with Crippen molar-refractivity contribution in [3.05, 3.63) is 0 Å². The van der Waals surface area contributed by atoms with Crippen LogP contribution in [0.1, 0.15) is 6.92 Å². The highest BCUT2D eigenvalue weighted by Crippen LogP contribution is 1.96. The number of nitrogens with two attached hydrogens (primary N) is 1. The summed E-state index contributed by atoms with van der Waals surface area (Å²) in [4.78, 5) is 12.6. The third-order valence-electron chi connectivity index (χ3n) is 1.76. The van der Waals surface area contributed by atoms with Gasteiger partial charge in [-0.15, -0.1) is 24.8 Å². The fourth-order valence-electron chi connectivity index (χ4n) is 1.04. The zero-order valence-electron chi connectivity index (χ0n) is 7.02. The number of carbonyl (C=O) groups is 1. The Morgan fingerprint density at radius 2 is 1.58 bits per heavy atom. The number of rotatable bonds is 0. The van der Waals surface area contributed by atoms with Gasteiger partial charge in [-0.1, -0.05) is 0 Å². The Hall–Kier alpha value is -0.0300. The summed E-state index contributed by atoms with van der Waals surface area (Å²) >= 11 is 0. The van der Waals surface area contributed by atoms with Crippen molar-refractivity contribution in [1.29, 1.82) is 0 Å². The van der Waals surface area contributed by atoms with Gasteiger partial charge in [0.1, 0.15) is 0 Å². The molecule has 2 N–H and O–H groups in total. The lowest BCUT2D eigenvalue weighted by Gasteiger charge is -2.31. The molecule has 0 aliphatic carbocycles. The van der Waals surface area contributed by atoms with Gasteiger partial charge in [0.25, 0.3) is 0 Å². The SMILES string of the molecule is CC(=O)N1CCN(N)CC1.Cl.Cl. The summed E-state index contributed by atoms with van der Waals surface area (Å²) in [7, 11) is 0. The number of piperazine rings is 1. The van der Waals surface area contributed by atoms with Crippen LogP contribution in [0.3, 0.4) is 0 Å². The average Bonchev–Trinajstić information content (AvgIpc) is 1.88. The molecule has 0 saturated carbocycles. The molecule has 0 bridgehead atoms. The van der Waals surface area contributed by atoms with Gasteiger partial charge >= 0.3 is 0 Å². The van der Waals surface area contributed by atoms with E-state index in [0.29, 0.717) is 0 Å². The quantitative estimate of drug-likeness (QED) is 0.574. The Kier molecular flexibility index (Phi) is 7.83. The second-order valence-corrected chi connectivity index (χ2v) is 2.54. The van der Waals surface area contributed by atoms with Gasteiger partial charge in [0.15, 0.2) is 0 Å². The van der Waals surface area contributed by atoms with Crippen molar-refractivity contribution in [2.24, 2.45) is 5.84 Å². The molecule has 1 rings (SSSR count). The van der Waals surface area contributed by atoms with Crippen LogP contribution in [0.15, 0.2) is 0 Å². The Bertz CT molecular complexity index is 137. The molecular weight excluding hydrogens is 201 g/mol. The van der Waals surface area contributed by atoms with Crippen LogP contribution in [0.5, 0.6) is 0 Å². The highest BCUT2D eigenvalue weighted by atomic mass is 35.5. The van der Waals surface area contributed by atoms with Gasteiger partial charge in [-0.3, -0.25) is 10.6 Å². The Labute approximate surface area is 84.9 Å². The standard InChI is InChI=1S/C6H13N3O.2ClH/c1-6(10)8-2-4-9(7)5-3-8;;/h2-5,7H2,1H3;2*1H. The fraction of sp³-hybridized carbons (Fsp3) is 0.833. The number of hydrazine groups is 1. The number of amides is 1. The smallest absolute Gasteiger partial charge is 0.219 e. The van der Waals surface area contributed by atoms with Crippen LogP contribution < -0.4 is 5.84 Å². The van der Waals surface area contributed by atoms with Crippen LogP contribution >= 0.6 is 24.8 Å². The molecule has 0 atom stereocenters. The van der Waals surface area contributed by atoms with E-state index in [4.69, 9.17) is 5.84 Å². The van der Waals surface area contributed by atoms with Crippen molar-refractivity contribution in [3.63, 3.8) is 0 Å². The summed E-state index contributed by atoms with van der Waals surface area (Å²) < 4.78 is 0. The average molecular weight is 216 g/mol. The van der Waals surface area contributed by atoms with Crippen LogP contribution in [0.2, 0.25) is 0 Å². The molecular formula is C6H15Cl2N3O. The van der Waals surface area contributed by atoms with Gasteiger partial charge in [0, 0.05) is 33.1 Å². The number of hydrogen-bond acceptors (Lipinski definition) is 3. The summed E-state index contributed by atoms with van der Waals surface area (Å²) in [6, 6.07) is 0. The summed E-state index contributed by atoms with van der Waals surface area (Å²) in [6.07, 6.45) is 0. The lowest BCUT2D eigenvalue weighted by atomic mass is 10.3. The minimum Gasteiger partial charge on any atom is -0.340 e. The first-order chi connectivity index (χ1) is 4.70. The maximum Gasteiger partial charge on any atom is 0.219 e. The van der Waals surface area contributed by atoms with Crippen molar-refractivity contribution in [2.75, 3.05) is 26.2 Å². The predicted molar refractivity (Wildman–Crippen MR) is 52.5 cm³/mol. The van der Waals surface area contributed by atoms with E-state index in [1.165, 1.54) is 0 Å². The predicted octanol–water partition coefficient (Wildman–Crippen LogP) is -0.132. The van der Waals surface area contributed by atoms with Gasteiger partial charge in [0.05, 0.1) is 0 Å². The Balaban J connectivity index is 0. The minimum atomic E-state index is 0. The maximum absolute atomic E-state index is 10.8. The molecule has 1 aliphatic heterocycles. The summed E-state index contributed by atoms with van der Waals surface area (Å²) in [5.41, 5.74) is 0. The number of hydrogen-bond donors (Lipinski definition) is 1. The van der Waals surface area contributed by atoms with E-state index in [2.05, 4.69) is 0 Å². The molecule has 1 heterocycles. The zero-order valence-corrected chi connectivity index (χ0v) is 8.66. The van der Waals surface area contributed by atoms with Crippen molar-refractivity contribution >= 4 is 30.7 Å². The molecule has 12 heavy (non-hydrogen) atoms. The first-order valence-electron chi connectivity index (χ1n) is 3.45. The molecule has 1 saturated heterocycles. The van der Waals surface area contributed by atoms with E-state index in [9.17, 15) is 4.79 Å². The van der Waals surface area contributed by atoms with E-state index in [1.54, 1.807) is 11.9 Å². The molecule has 0 aromatic rings. The molecule has 4 nitrogen and oxygen atoms in total. The molecule has 0 aromatic heterocycles. The van der Waals surface area contributed by atoms with Crippen LogP contribution in [-0.2, 0) is 4.79 Å². The van der Waals surface area contributed by atoms with Crippen LogP contribution in [-0.4, -0.2) is 42.0 Å². The Morgan fingerprint density at radius 3 is 1.92 bits per heavy atom. The van der Waals surface area contributed by atoms with E-state index in [1.807, 2.05) is 4.90 Å². The van der Waals surface area contributed by atoms with E-state index >= 15 is 0 Å². The van der Waals surface area contributed by atoms with Gasteiger partial charge in [-0.25, -0.2) is 5.01 Å². The molecule has 1 aliphatic rings. The zero-order chi connectivity index (χ0) is 7.56. The lowest BCUT2D eigenvalue weighted by molar-refractivity contribution is -0.130. The second kappa shape index (κ2) is 6.48. The third-order valence-corrected chi connectivity index (χ3v) is 1.76. The van der Waals surface area contributed by atoms with Crippen molar-refractivity contribution in [1.82, 2.24) is 9.91 Å². The van der Waals surface area contributed by atoms with Gasteiger partial charge in [-0.05, 0) is 0 Å². The van der Waals surface area contributed by atoms with Crippen LogP contribution in [0, 0.1) is 0 Å². The maximum atomic E-state index is 10.8. The van der Waals surface area contributed by atoms with Crippen molar-refractivity contribution in [3.8, 4) is 0 Å². The summed E-state index contributed by atoms with van der Waals surface area (Å²) in [5.74, 6) is 5.64. The van der Waals surface area contributed by atoms with Crippen molar-refractivity contribution < 1.29 is 4.79 Å². The summed E-state index contributed by atoms with van der Waals surface area (Å²) in [5, 5.41) is 1.74. The van der Waals surface area contributed by atoms with Crippen molar-refractivity contribution in [2.45, 2.75) is 6.92 Å². The van der Waals surface area contributed by atoms with E-state index < -0.39 is 0 Å². The molecule has 1 fully saturated rings. The van der Waals surface area contributed by atoms with E-state index in [0.717, 1.165) is 26.2 Å². The molecule has 74 valence electrons. The normalized spacial score (nSPS) is 17.7. The third kappa shape index (κ3) is 4.11. The van der Waals surface area contributed by atoms with Gasteiger partial charge in [-0.2, -0.15) is 0 Å².